The summed E-state index contributed by atoms with van der Waals surface area (Å²) in [5, 5.41) is 6.46. The van der Waals surface area contributed by atoms with E-state index in [-0.39, 0.29) is 5.41 Å². The lowest BCUT2D eigenvalue weighted by Gasteiger charge is -2.33. The third-order valence-corrected chi connectivity index (χ3v) is 9.29. The van der Waals surface area contributed by atoms with Gasteiger partial charge in [0.25, 0.3) is 0 Å². The fourth-order valence-electron chi connectivity index (χ4n) is 6.56. The Morgan fingerprint density at radius 1 is 0.487 bits per heavy atom. The molecule has 0 saturated carbocycles. The van der Waals surface area contributed by atoms with E-state index < -0.39 is 0 Å². The molecule has 39 heavy (non-hydrogen) atoms. The Kier molecular flexibility index (Phi) is 4.98. The Hall–Kier alpha value is -4.66. The van der Waals surface area contributed by atoms with Crippen molar-refractivity contribution in [3.63, 3.8) is 0 Å². The van der Waals surface area contributed by atoms with Crippen LogP contribution < -0.4 is 5.32 Å². The second kappa shape index (κ2) is 8.69. The minimum Gasteiger partial charge on any atom is -0.355 e. The van der Waals surface area contributed by atoms with Crippen molar-refractivity contribution in [3.05, 3.63) is 168 Å². The first-order valence-corrected chi connectivity index (χ1v) is 14.2. The van der Waals surface area contributed by atoms with Crippen LogP contribution in [0.1, 0.15) is 22.3 Å². The molecule has 0 radical (unpaired) electrons. The molecule has 1 aliphatic carbocycles. The molecule has 0 aliphatic heterocycles. The highest BCUT2D eigenvalue weighted by Gasteiger charge is 2.46. The largest absolute Gasteiger partial charge is 0.355 e. The average Bonchev–Trinajstić information content (AvgIpc) is 3.52. The molecule has 8 rings (SSSR count). The van der Waals surface area contributed by atoms with E-state index in [2.05, 4.69) is 151 Å². The van der Waals surface area contributed by atoms with Crippen molar-refractivity contribution in [1.29, 1.82) is 0 Å². The number of rotatable bonds is 4. The van der Waals surface area contributed by atoms with Crippen LogP contribution in [0.2, 0.25) is 0 Å². The molecule has 0 spiro atoms. The topological polar surface area (TPSA) is 12.0 Å². The van der Waals surface area contributed by atoms with Crippen LogP contribution in [0.4, 0.5) is 11.4 Å². The van der Waals surface area contributed by atoms with Gasteiger partial charge in [0.2, 0.25) is 0 Å². The molecule has 1 nitrogen and oxygen atoms in total. The lowest BCUT2D eigenvalue weighted by Crippen LogP contribution is -2.28. The minimum atomic E-state index is -0.389. The summed E-state index contributed by atoms with van der Waals surface area (Å²) in [6.45, 7) is 0. The van der Waals surface area contributed by atoms with Crippen molar-refractivity contribution in [2.24, 2.45) is 0 Å². The van der Waals surface area contributed by atoms with Crippen LogP contribution in [0.5, 0.6) is 0 Å². The quantitative estimate of drug-likeness (QED) is 0.246. The maximum Gasteiger partial charge on any atom is 0.0714 e. The second-order valence-corrected chi connectivity index (χ2v) is 11.3. The average molecular weight is 516 g/mol. The molecule has 0 fully saturated rings. The van der Waals surface area contributed by atoms with Crippen LogP contribution >= 0.6 is 11.3 Å². The van der Waals surface area contributed by atoms with Crippen LogP contribution in [-0.2, 0) is 5.41 Å². The molecule has 1 N–H and O–H groups in total. The summed E-state index contributed by atoms with van der Waals surface area (Å²) in [6, 6.07) is 53.0. The minimum absolute atomic E-state index is 0.389. The Morgan fingerprint density at radius 2 is 1.13 bits per heavy atom. The van der Waals surface area contributed by atoms with Gasteiger partial charge >= 0.3 is 0 Å². The van der Waals surface area contributed by atoms with E-state index in [1.807, 2.05) is 11.3 Å². The monoisotopic (exact) mass is 515 g/mol. The zero-order chi connectivity index (χ0) is 25.8. The van der Waals surface area contributed by atoms with Crippen molar-refractivity contribution in [3.8, 4) is 11.1 Å². The Labute approximate surface area is 232 Å². The smallest absolute Gasteiger partial charge is 0.0714 e. The first-order valence-electron chi connectivity index (χ1n) is 13.4. The number of hydrogen-bond acceptors (Lipinski definition) is 2. The number of nitrogens with one attached hydrogen (secondary N) is 1. The summed E-state index contributed by atoms with van der Waals surface area (Å²) in [5.41, 5.74) is 9.61. The fourth-order valence-corrected chi connectivity index (χ4v) is 7.64. The number of benzene rings is 6. The van der Waals surface area contributed by atoms with E-state index >= 15 is 0 Å². The lowest BCUT2D eigenvalue weighted by molar-refractivity contribution is 0.768. The molecule has 7 aromatic rings. The molecular formula is C37H25NS. The summed E-state index contributed by atoms with van der Waals surface area (Å²) in [5.74, 6) is 0. The molecule has 184 valence electrons. The fraction of sp³-hybridized carbons (Fsp3) is 0.0270. The van der Waals surface area contributed by atoms with Crippen molar-refractivity contribution in [1.82, 2.24) is 0 Å². The van der Waals surface area contributed by atoms with E-state index in [1.54, 1.807) is 0 Å². The van der Waals surface area contributed by atoms with Gasteiger partial charge in [0.1, 0.15) is 0 Å². The predicted molar refractivity (Wildman–Crippen MR) is 166 cm³/mol. The van der Waals surface area contributed by atoms with Crippen LogP contribution in [0.25, 0.3) is 31.3 Å². The summed E-state index contributed by atoms with van der Waals surface area (Å²) in [6.07, 6.45) is 0. The number of hydrogen-bond donors (Lipinski definition) is 1. The first-order chi connectivity index (χ1) is 19.3. The molecule has 2 heteroatoms. The van der Waals surface area contributed by atoms with Gasteiger partial charge in [-0.3, -0.25) is 0 Å². The molecule has 0 atom stereocenters. The van der Waals surface area contributed by atoms with E-state index in [1.165, 1.54) is 53.6 Å². The summed E-state index contributed by atoms with van der Waals surface area (Å²) >= 11 is 1.85. The standard InChI is InChI=1S/C37H25NS/c1-3-12-25(13-4-1)37(26-14-5-2-6-15-26)31-18-9-7-17-29(31)36-32(37)19-11-20-33(36)38-27-22-23-35-30(24-27)28-16-8-10-21-34(28)39-35/h1-24,38H. The van der Waals surface area contributed by atoms with Gasteiger partial charge in [-0.15, -0.1) is 11.3 Å². The van der Waals surface area contributed by atoms with Gasteiger partial charge < -0.3 is 5.32 Å². The molecule has 0 unspecified atom stereocenters. The van der Waals surface area contributed by atoms with Crippen molar-refractivity contribution < 1.29 is 0 Å². The number of anilines is 2. The van der Waals surface area contributed by atoms with Gasteiger partial charge in [-0.25, -0.2) is 0 Å². The van der Waals surface area contributed by atoms with Gasteiger partial charge in [-0.1, -0.05) is 115 Å². The molecule has 0 bridgehead atoms. The number of thiophene rings is 1. The normalized spacial score (nSPS) is 13.3. The second-order valence-electron chi connectivity index (χ2n) is 10.2. The molecule has 1 aromatic heterocycles. The molecule has 1 aliphatic rings. The molecular weight excluding hydrogens is 490 g/mol. The van der Waals surface area contributed by atoms with Gasteiger partial charge in [-0.2, -0.15) is 0 Å². The predicted octanol–water partition coefficient (Wildman–Crippen LogP) is 10.2. The first kappa shape index (κ1) is 22.3. The summed E-state index contributed by atoms with van der Waals surface area (Å²) < 4.78 is 2.65. The molecule has 0 amide bonds. The van der Waals surface area contributed by atoms with Crippen LogP contribution in [0.3, 0.4) is 0 Å². The summed E-state index contributed by atoms with van der Waals surface area (Å²) in [7, 11) is 0. The third kappa shape index (κ3) is 3.25. The highest BCUT2D eigenvalue weighted by atomic mass is 32.1. The van der Waals surface area contributed by atoms with Gasteiger partial charge in [0.15, 0.2) is 0 Å². The Morgan fingerprint density at radius 3 is 1.92 bits per heavy atom. The van der Waals surface area contributed by atoms with Crippen molar-refractivity contribution in [2.45, 2.75) is 5.41 Å². The SMILES string of the molecule is c1ccc(C2(c3ccccc3)c3ccccc3-c3c(Nc4ccc5sc6ccccc6c5c4)cccc32)cc1. The Bertz CT molecular complexity index is 1950. The van der Waals surface area contributed by atoms with Crippen molar-refractivity contribution >= 4 is 42.9 Å². The maximum absolute atomic E-state index is 3.84. The van der Waals surface area contributed by atoms with E-state index in [9.17, 15) is 0 Å². The van der Waals surface area contributed by atoms with E-state index in [4.69, 9.17) is 0 Å². The van der Waals surface area contributed by atoms with E-state index in [0.29, 0.717) is 0 Å². The molecule has 0 saturated heterocycles. The van der Waals surface area contributed by atoms with Gasteiger partial charge in [0, 0.05) is 37.1 Å². The highest BCUT2D eigenvalue weighted by molar-refractivity contribution is 7.25. The lowest BCUT2D eigenvalue weighted by atomic mass is 9.68. The zero-order valence-corrected chi connectivity index (χ0v) is 22.1. The summed E-state index contributed by atoms with van der Waals surface area (Å²) in [4.78, 5) is 0. The maximum atomic E-state index is 3.84. The Balaban J connectivity index is 1.37. The highest BCUT2D eigenvalue weighted by Crippen LogP contribution is 2.58. The van der Waals surface area contributed by atoms with Gasteiger partial charge in [0.05, 0.1) is 5.41 Å². The zero-order valence-electron chi connectivity index (χ0n) is 21.3. The number of fused-ring (bicyclic) bond motifs is 6. The molecule has 6 aromatic carbocycles. The van der Waals surface area contributed by atoms with Gasteiger partial charge in [-0.05, 0) is 58.1 Å². The van der Waals surface area contributed by atoms with Crippen LogP contribution in [-0.4, -0.2) is 0 Å². The third-order valence-electron chi connectivity index (χ3n) is 8.14. The van der Waals surface area contributed by atoms with Crippen molar-refractivity contribution in [2.75, 3.05) is 5.32 Å². The van der Waals surface area contributed by atoms with Crippen LogP contribution in [0, 0.1) is 0 Å². The molecule has 1 heterocycles. The van der Waals surface area contributed by atoms with E-state index in [0.717, 1.165) is 11.4 Å². The van der Waals surface area contributed by atoms with Crippen LogP contribution in [0.15, 0.2) is 146 Å².